The molecule has 0 aliphatic carbocycles. The number of thiophene rings is 1. The van der Waals surface area contributed by atoms with Crippen LogP contribution in [0.25, 0.3) is 0 Å². The Kier molecular flexibility index (Phi) is 5.20. The molecule has 18 heavy (non-hydrogen) atoms. The summed E-state index contributed by atoms with van der Waals surface area (Å²) in [6, 6.07) is 2.09. The third kappa shape index (κ3) is 4.10. The van der Waals surface area contributed by atoms with Gasteiger partial charge in [-0.1, -0.05) is 34.9 Å². The number of aryl methyl sites for hydroxylation is 1. The average Bonchev–Trinajstić information content (AvgIpc) is 2.96. The number of aliphatic hydroxyl groups is 1. The van der Waals surface area contributed by atoms with Crippen molar-refractivity contribution in [2.45, 2.75) is 23.4 Å². The van der Waals surface area contributed by atoms with Crippen molar-refractivity contribution in [3.8, 4) is 11.8 Å². The summed E-state index contributed by atoms with van der Waals surface area (Å²) >= 11 is 5.03. The lowest BCUT2D eigenvalue weighted by molar-refractivity contribution is 0.305. The smallest absolute Gasteiger partial charge is 0.174 e. The van der Waals surface area contributed by atoms with Crippen LogP contribution in [0, 0.1) is 18.8 Å². The molecule has 2 rings (SSSR count). The first-order valence-electron chi connectivity index (χ1n) is 5.38. The number of aliphatic hydroxyl groups excluding tert-OH is 1. The first-order valence-corrected chi connectivity index (χ1v) is 8.06. The van der Waals surface area contributed by atoms with Crippen molar-refractivity contribution in [3.05, 3.63) is 26.9 Å². The summed E-state index contributed by atoms with van der Waals surface area (Å²) < 4.78 is 1.01. The van der Waals surface area contributed by atoms with Crippen LogP contribution in [0.2, 0.25) is 0 Å². The Balaban J connectivity index is 1.89. The monoisotopic (exact) mass is 296 g/mol. The molecule has 0 aliphatic heterocycles. The Morgan fingerprint density at radius 2 is 2.33 bits per heavy atom. The summed E-state index contributed by atoms with van der Waals surface area (Å²) in [7, 11) is 0. The number of nitrogens with zero attached hydrogens (tertiary/aromatic N) is 2. The van der Waals surface area contributed by atoms with Crippen LogP contribution >= 0.6 is 34.4 Å². The highest BCUT2D eigenvalue weighted by Crippen LogP contribution is 2.28. The Bertz CT molecular complexity index is 565. The van der Waals surface area contributed by atoms with E-state index in [9.17, 15) is 0 Å². The van der Waals surface area contributed by atoms with Crippen molar-refractivity contribution >= 4 is 34.4 Å². The van der Waals surface area contributed by atoms with Gasteiger partial charge in [-0.15, -0.1) is 21.5 Å². The van der Waals surface area contributed by atoms with Gasteiger partial charge in [0, 0.05) is 28.0 Å². The van der Waals surface area contributed by atoms with E-state index in [1.807, 2.05) is 12.3 Å². The van der Waals surface area contributed by atoms with Gasteiger partial charge < -0.3 is 5.11 Å². The molecule has 6 heteroatoms. The Labute approximate surface area is 118 Å². The zero-order chi connectivity index (χ0) is 12.8. The minimum absolute atomic E-state index is 0.121. The molecule has 0 bridgehead atoms. The molecule has 0 radical (unpaired) electrons. The van der Waals surface area contributed by atoms with Gasteiger partial charge in [0.2, 0.25) is 0 Å². The third-order valence-electron chi connectivity index (χ3n) is 1.97. The van der Waals surface area contributed by atoms with Gasteiger partial charge in [-0.05, 0) is 13.0 Å². The number of thioether (sulfide) groups is 1. The van der Waals surface area contributed by atoms with E-state index < -0.39 is 0 Å². The van der Waals surface area contributed by atoms with Gasteiger partial charge >= 0.3 is 0 Å². The normalized spacial score (nSPS) is 10.1. The molecule has 2 aromatic heterocycles. The molecule has 94 valence electrons. The van der Waals surface area contributed by atoms with Crippen molar-refractivity contribution < 1.29 is 5.11 Å². The molecule has 2 aromatic rings. The van der Waals surface area contributed by atoms with Crippen LogP contribution in [0.5, 0.6) is 0 Å². The lowest BCUT2D eigenvalue weighted by Crippen LogP contribution is -1.76. The highest BCUT2D eigenvalue weighted by molar-refractivity contribution is 8.00. The van der Waals surface area contributed by atoms with Crippen molar-refractivity contribution in [1.82, 2.24) is 10.2 Å². The molecule has 0 atom stereocenters. The summed E-state index contributed by atoms with van der Waals surface area (Å²) in [6.45, 7) is 2.08. The Morgan fingerprint density at radius 3 is 3.06 bits per heavy atom. The maximum absolute atomic E-state index is 8.65. The molecule has 0 aromatic carbocycles. The van der Waals surface area contributed by atoms with E-state index >= 15 is 0 Å². The van der Waals surface area contributed by atoms with Crippen molar-refractivity contribution in [2.75, 3.05) is 6.61 Å². The second-order valence-electron chi connectivity index (χ2n) is 3.45. The van der Waals surface area contributed by atoms with E-state index in [-0.39, 0.29) is 6.61 Å². The van der Waals surface area contributed by atoms with Crippen LogP contribution in [0.15, 0.2) is 15.8 Å². The predicted octanol–water partition coefficient (Wildman–Crippen LogP) is 2.93. The molecule has 0 amide bonds. The van der Waals surface area contributed by atoms with E-state index in [1.165, 1.54) is 4.88 Å². The summed E-state index contributed by atoms with van der Waals surface area (Å²) in [5.41, 5.74) is 1.03. The van der Waals surface area contributed by atoms with Crippen LogP contribution in [0.4, 0.5) is 0 Å². The van der Waals surface area contributed by atoms with E-state index in [1.54, 1.807) is 34.4 Å². The molecular weight excluding hydrogens is 284 g/mol. The molecular formula is C12H12N2OS3. The summed E-state index contributed by atoms with van der Waals surface area (Å²) in [5, 5.41) is 19.8. The molecule has 3 nitrogen and oxygen atoms in total. The maximum Gasteiger partial charge on any atom is 0.174 e. The fourth-order valence-electron chi connectivity index (χ4n) is 1.21. The lowest BCUT2D eigenvalue weighted by atomic mass is 10.3. The van der Waals surface area contributed by atoms with E-state index in [0.717, 1.165) is 20.7 Å². The summed E-state index contributed by atoms with van der Waals surface area (Å²) in [6.07, 6.45) is 0.532. The standard InChI is InChI=1S/C12H12N2OS3/c1-9-13-14-12(18-9)17-8-11-6-10(7-16-11)4-2-3-5-15/h6-7,15H,3,5,8H2,1H3. The van der Waals surface area contributed by atoms with Gasteiger partial charge in [-0.25, -0.2) is 0 Å². The SMILES string of the molecule is Cc1nnc(SCc2cc(C#CCCO)cs2)s1. The fourth-order valence-corrected chi connectivity index (χ4v) is 3.90. The minimum atomic E-state index is 0.121. The molecule has 0 saturated heterocycles. The minimum Gasteiger partial charge on any atom is -0.395 e. The van der Waals surface area contributed by atoms with Crippen LogP contribution in [-0.4, -0.2) is 21.9 Å². The van der Waals surface area contributed by atoms with Crippen molar-refractivity contribution in [2.24, 2.45) is 0 Å². The van der Waals surface area contributed by atoms with Crippen LogP contribution in [0.1, 0.15) is 21.9 Å². The molecule has 0 aliphatic rings. The Morgan fingerprint density at radius 1 is 1.44 bits per heavy atom. The molecule has 0 unspecified atom stereocenters. The average molecular weight is 296 g/mol. The zero-order valence-electron chi connectivity index (χ0n) is 9.84. The van der Waals surface area contributed by atoms with Gasteiger partial charge in [0.05, 0.1) is 6.61 Å². The number of rotatable bonds is 4. The zero-order valence-corrected chi connectivity index (χ0v) is 12.3. The quantitative estimate of drug-likeness (QED) is 0.696. The molecule has 2 heterocycles. The third-order valence-corrected chi connectivity index (χ3v) is 5.11. The predicted molar refractivity (Wildman–Crippen MR) is 77.1 cm³/mol. The van der Waals surface area contributed by atoms with Gasteiger partial charge in [-0.3, -0.25) is 0 Å². The molecule has 0 fully saturated rings. The topological polar surface area (TPSA) is 46.0 Å². The van der Waals surface area contributed by atoms with Crippen LogP contribution in [0.3, 0.4) is 0 Å². The van der Waals surface area contributed by atoms with Crippen LogP contribution < -0.4 is 0 Å². The van der Waals surface area contributed by atoms with E-state index in [0.29, 0.717) is 6.42 Å². The summed E-state index contributed by atoms with van der Waals surface area (Å²) in [5.74, 6) is 6.86. The van der Waals surface area contributed by atoms with Gasteiger partial charge in [0.15, 0.2) is 4.34 Å². The lowest BCUT2D eigenvalue weighted by Gasteiger charge is -1.91. The van der Waals surface area contributed by atoms with Crippen molar-refractivity contribution in [1.29, 1.82) is 0 Å². The van der Waals surface area contributed by atoms with E-state index in [2.05, 4.69) is 28.1 Å². The Hall–Kier alpha value is -0.870. The highest BCUT2D eigenvalue weighted by atomic mass is 32.2. The van der Waals surface area contributed by atoms with Gasteiger partial charge in [0.1, 0.15) is 5.01 Å². The maximum atomic E-state index is 8.65. The molecule has 1 N–H and O–H groups in total. The highest BCUT2D eigenvalue weighted by Gasteiger charge is 2.03. The second kappa shape index (κ2) is 6.90. The summed E-state index contributed by atoms with van der Waals surface area (Å²) in [4.78, 5) is 1.28. The first-order chi connectivity index (χ1) is 8.78. The number of hydrogen-bond donors (Lipinski definition) is 1. The van der Waals surface area contributed by atoms with Crippen molar-refractivity contribution in [3.63, 3.8) is 0 Å². The second-order valence-corrected chi connectivity index (χ2v) is 6.85. The van der Waals surface area contributed by atoms with Gasteiger partial charge in [0.25, 0.3) is 0 Å². The number of aromatic nitrogens is 2. The largest absolute Gasteiger partial charge is 0.395 e. The molecule has 0 saturated carbocycles. The fraction of sp³-hybridized carbons (Fsp3) is 0.333. The van der Waals surface area contributed by atoms with Gasteiger partial charge in [-0.2, -0.15) is 0 Å². The molecule has 0 spiro atoms. The number of hydrogen-bond acceptors (Lipinski definition) is 6. The first kappa shape index (κ1) is 13.6. The van der Waals surface area contributed by atoms with Crippen LogP contribution in [-0.2, 0) is 5.75 Å². The van der Waals surface area contributed by atoms with E-state index in [4.69, 9.17) is 5.11 Å².